The highest BCUT2D eigenvalue weighted by Crippen LogP contribution is 2.21. The van der Waals surface area contributed by atoms with Gasteiger partial charge in [-0.25, -0.2) is 0 Å². The van der Waals surface area contributed by atoms with Crippen LogP contribution in [-0.2, 0) is 4.79 Å². The Morgan fingerprint density at radius 1 is 1.04 bits per heavy atom. The summed E-state index contributed by atoms with van der Waals surface area (Å²) in [4.78, 5) is 12.3. The lowest BCUT2D eigenvalue weighted by molar-refractivity contribution is -0.122. The van der Waals surface area contributed by atoms with Gasteiger partial charge in [0.1, 0.15) is 17.2 Å². The summed E-state index contributed by atoms with van der Waals surface area (Å²) >= 11 is 0. The van der Waals surface area contributed by atoms with Crippen LogP contribution >= 0.6 is 0 Å². The first-order valence-corrected chi connectivity index (χ1v) is 8.96. The van der Waals surface area contributed by atoms with Gasteiger partial charge in [0.05, 0.1) is 13.7 Å². The molecule has 0 aliphatic carbocycles. The van der Waals surface area contributed by atoms with Gasteiger partial charge in [-0.1, -0.05) is 25.8 Å². The summed E-state index contributed by atoms with van der Waals surface area (Å²) in [5.41, 5.74) is 0.706. The Kier molecular flexibility index (Phi) is 7.80. The van der Waals surface area contributed by atoms with E-state index in [1.54, 1.807) is 26.2 Å². The molecule has 1 amide bonds. The first kappa shape index (κ1) is 19.6. The number of hydrogen-bond acceptors (Lipinski definition) is 4. The maximum Gasteiger partial charge on any atom is 0.265 e. The molecule has 0 saturated heterocycles. The van der Waals surface area contributed by atoms with Crippen LogP contribution in [0.15, 0.2) is 48.5 Å². The molecule has 2 aromatic carbocycles. The smallest absolute Gasteiger partial charge is 0.265 e. The number of benzene rings is 2. The highest BCUT2D eigenvalue weighted by molar-refractivity contribution is 5.94. The van der Waals surface area contributed by atoms with Crippen molar-refractivity contribution in [3.8, 4) is 17.2 Å². The third-order valence-electron chi connectivity index (χ3n) is 3.86. The summed E-state index contributed by atoms with van der Waals surface area (Å²) in [5.74, 6) is 1.86. The number of carbonyl (C=O) groups excluding carboxylic acids is 1. The molecule has 0 radical (unpaired) electrons. The van der Waals surface area contributed by atoms with Crippen LogP contribution in [0.3, 0.4) is 0 Å². The van der Waals surface area contributed by atoms with Gasteiger partial charge in [0.15, 0.2) is 6.10 Å². The molecule has 140 valence electrons. The molecule has 0 aromatic heterocycles. The van der Waals surface area contributed by atoms with Crippen LogP contribution in [0.5, 0.6) is 17.2 Å². The molecule has 0 fully saturated rings. The van der Waals surface area contributed by atoms with Crippen molar-refractivity contribution in [2.45, 2.75) is 39.2 Å². The number of ether oxygens (including phenoxy) is 3. The monoisotopic (exact) mass is 357 g/mol. The molecule has 1 unspecified atom stereocenters. The lowest BCUT2D eigenvalue weighted by Gasteiger charge is -2.15. The van der Waals surface area contributed by atoms with Crippen molar-refractivity contribution in [3.05, 3.63) is 48.5 Å². The predicted octanol–water partition coefficient (Wildman–Crippen LogP) is 4.67. The number of hydrogen-bond donors (Lipinski definition) is 1. The lowest BCUT2D eigenvalue weighted by atomic mass is 10.2. The molecule has 0 spiro atoms. The van der Waals surface area contributed by atoms with E-state index in [9.17, 15) is 4.79 Å². The first-order valence-electron chi connectivity index (χ1n) is 8.96. The molecule has 1 N–H and O–H groups in total. The second-order valence-electron chi connectivity index (χ2n) is 6.01. The molecule has 0 heterocycles. The number of anilines is 1. The van der Waals surface area contributed by atoms with Gasteiger partial charge in [0, 0.05) is 11.8 Å². The van der Waals surface area contributed by atoms with Gasteiger partial charge in [-0.3, -0.25) is 4.79 Å². The first-order chi connectivity index (χ1) is 12.6. The third-order valence-corrected chi connectivity index (χ3v) is 3.86. The normalized spacial score (nSPS) is 11.5. The predicted molar refractivity (Wildman–Crippen MR) is 103 cm³/mol. The fraction of sp³-hybridized carbons (Fsp3) is 0.381. The average molecular weight is 357 g/mol. The van der Waals surface area contributed by atoms with E-state index in [4.69, 9.17) is 14.2 Å². The largest absolute Gasteiger partial charge is 0.497 e. The fourth-order valence-electron chi connectivity index (χ4n) is 2.35. The summed E-state index contributed by atoms with van der Waals surface area (Å²) < 4.78 is 16.5. The van der Waals surface area contributed by atoms with Gasteiger partial charge >= 0.3 is 0 Å². The van der Waals surface area contributed by atoms with E-state index in [0.29, 0.717) is 23.8 Å². The maximum atomic E-state index is 12.3. The van der Waals surface area contributed by atoms with E-state index in [-0.39, 0.29) is 5.91 Å². The molecule has 0 aliphatic heterocycles. The number of nitrogens with one attached hydrogen (secondary N) is 1. The molecule has 2 rings (SSSR count). The van der Waals surface area contributed by atoms with Crippen LogP contribution < -0.4 is 19.5 Å². The number of amides is 1. The highest BCUT2D eigenvalue weighted by atomic mass is 16.5. The molecule has 5 nitrogen and oxygen atoms in total. The summed E-state index contributed by atoms with van der Waals surface area (Å²) in [7, 11) is 1.59. The molecule has 2 aromatic rings. The molecular weight excluding hydrogens is 330 g/mol. The van der Waals surface area contributed by atoms with Gasteiger partial charge in [0.2, 0.25) is 0 Å². The van der Waals surface area contributed by atoms with Crippen LogP contribution in [0.25, 0.3) is 0 Å². The van der Waals surface area contributed by atoms with E-state index in [1.165, 1.54) is 12.8 Å². The van der Waals surface area contributed by atoms with Gasteiger partial charge in [-0.05, 0) is 49.7 Å². The highest BCUT2D eigenvalue weighted by Gasteiger charge is 2.15. The van der Waals surface area contributed by atoms with Gasteiger partial charge in [-0.15, -0.1) is 0 Å². The second-order valence-corrected chi connectivity index (χ2v) is 6.01. The molecule has 26 heavy (non-hydrogen) atoms. The Bertz CT molecular complexity index is 685. The summed E-state index contributed by atoms with van der Waals surface area (Å²) in [6, 6.07) is 14.5. The van der Waals surface area contributed by atoms with Crippen molar-refractivity contribution in [1.82, 2.24) is 0 Å². The maximum absolute atomic E-state index is 12.3. The van der Waals surface area contributed by atoms with Crippen molar-refractivity contribution in [2.75, 3.05) is 19.0 Å². The minimum atomic E-state index is -0.632. The number of rotatable bonds is 10. The van der Waals surface area contributed by atoms with Crippen molar-refractivity contribution in [3.63, 3.8) is 0 Å². The number of methoxy groups -OCH3 is 1. The molecule has 5 heteroatoms. The van der Waals surface area contributed by atoms with Crippen molar-refractivity contribution in [1.29, 1.82) is 0 Å². The standard InChI is InChI=1S/C21H27NO4/c1-4-5-6-14-25-18-12-10-17(11-13-18)22-21(23)16(2)26-20-9-7-8-19(15-20)24-3/h7-13,15-16H,4-6,14H2,1-3H3,(H,22,23). The van der Waals surface area contributed by atoms with Crippen LogP contribution in [-0.4, -0.2) is 25.7 Å². The zero-order valence-corrected chi connectivity index (χ0v) is 15.7. The Morgan fingerprint density at radius 3 is 2.46 bits per heavy atom. The van der Waals surface area contributed by atoms with E-state index < -0.39 is 6.10 Å². The second kappa shape index (κ2) is 10.3. The van der Waals surface area contributed by atoms with Crippen LogP contribution in [0.2, 0.25) is 0 Å². The Balaban J connectivity index is 1.84. The molecule has 0 aliphatic rings. The zero-order valence-electron chi connectivity index (χ0n) is 15.7. The van der Waals surface area contributed by atoms with Crippen molar-refractivity contribution in [2.24, 2.45) is 0 Å². The Hall–Kier alpha value is -2.69. The minimum absolute atomic E-state index is 0.218. The van der Waals surface area contributed by atoms with Gasteiger partial charge in [-0.2, -0.15) is 0 Å². The van der Waals surface area contributed by atoms with Crippen molar-refractivity contribution < 1.29 is 19.0 Å². The van der Waals surface area contributed by atoms with Crippen LogP contribution in [0.1, 0.15) is 33.1 Å². The van der Waals surface area contributed by atoms with E-state index in [0.717, 1.165) is 12.2 Å². The van der Waals surface area contributed by atoms with E-state index in [2.05, 4.69) is 12.2 Å². The quantitative estimate of drug-likeness (QED) is 0.628. The molecule has 1 atom stereocenters. The topological polar surface area (TPSA) is 56.8 Å². The summed E-state index contributed by atoms with van der Waals surface area (Å²) in [6.45, 7) is 4.58. The van der Waals surface area contributed by atoms with Gasteiger partial charge in [0.25, 0.3) is 5.91 Å². The molecule has 0 saturated carbocycles. The molecule has 0 bridgehead atoms. The number of carbonyl (C=O) groups is 1. The number of unbranched alkanes of at least 4 members (excludes halogenated alkanes) is 2. The average Bonchev–Trinajstić information content (AvgIpc) is 2.66. The van der Waals surface area contributed by atoms with Crippen molar-refractivity contribution >= 4 is 11.6 Å². The SMILES string of the molecule is CCCCCOc1ccc(NC(=O)C(C)Oc2cccc(OC)c2)cc1. The zero-order chi connectivity index (χ0) is 18.8. The third kappa shape index (κ3) is 6.31. The lowest BCUT2D eigenvalue weighted by Crippen LogP contribution is -2.30. The summed E-state index contributed by atoms with van der Waals surface area (Å²) in [6.07, 6.45) is 2.75. The van der Waals surface area contributed by atoms with Crippen LogP contribution in [0, 0.1) is 0 Å². The molecular formula is C21H27NO4. The van der Waals surface area contributed by atoms with E-state index >= 15 is 0 Å². The van der Waals surface area contributed by atoms with E-state index in [1.807, 2.05) is 36.4 Å². The van der Waals surface area contributed by atoms with Crippen LogP contribution in [0.4, 0.5) is 5.69 Å². The Morgan fingerprint density at radius 2 is 1.77 bits per heavy atom. The fourth-order valence-corrected chi connectivity index (χ4v) is 2.35. The minimum Gasteiger partial charge on any atom is -0.497 e. The summed E-state index contributed by atoms with van der Waals surface area (Å²) in [5, 5.41) is 2.84. The Labute approximate surface area is 155 Å². The van der Waals surface area contributed by atoms with Gasteiger partial charge < -0.3 is 19.5 Å².